The quantitative estimate of drug-likeness (QED) is 0.751. The molecule has 1 aromatic heterocycles. The van der Waals surface area contributed by atoms with Gasteiger partial charge < -0.3 is 9.84 Å². The van der Waals surface area contributed by atoms with Gasteiger partial charge in [0.2, 0.25) is 0 Å². The minimum absolute atomic E-state index is 0.565. The van der Waals surface area contributed by atoms with Gasteiger partial charge in [-0.2, -0.15) is 0 Å². The number of methoxy groups -OCH3 is 1. The van der Waals surface area contributed by atoms with E-state index in [1.807, 2.05) is 12.1 Å². The number of hydrogen-bond acceptors (Lipinski definition) is 2. The van der Waals surface area contributed by atoms with Crippen LogP contribution in [0.1, 0.15) is 0 Å². The van der Waals surface area contributed by atoms with Crippen molar-refractivity contribution in [2.75, 3.05) is 7.11 Å². The third-order valence-corrected chi connectivity index (χ3v) is 2.10. The first-order valence-corrected chi connectivity index (χ1v) is 4.11. The smallest absolute Gasteiger partial charge is 0.416 e. The summed E-state index contributed by atoms with van der Waals surface area (Å²) >= 11 is 0. The Bertz CT molecular complexity index is 487. The zero-order chi connectivity index (χ0) is 10.1. The van der Waals surface area contributed by atoms with Crippen LogP contribution < -0.4 is 4.74 Å². The lowest BCUT2D eigenvalue weighted by molar-refractivity contribution is 0.197. The SMILES string of the molecule is COc1cccc2ccn(C(=O)O)c12. The molecule has 0 aliphatic rings. The average molecular weight is 191 g/mol. The maximum absolute atomic E-state index is 10.9. The Balaban J connectivity index is 2.81. The first-order valence-electron chi connectivity index (χ1n) is 4.11. The van der Waals surface area contributed by atoms with Crippen molar-refractivity contribution in [2.45, 2.75) is 0 Å². The molecule has 2 rings (SSSR count). The molecule has 0 fully saturated rings. The summed E-state index contributed by atoms with van der Waals surface area (Å²) in [5.41, 5.74) is 0.586. The first-order chi connectivity index (χ1) is 6.74. The van der Waals surface area contributed by atoms with Crippen molar-refractivity contribution < 1.29 is 14.6 Å². The van der Waals surface area contributed by atoms with Crippen LogP contribution in [0.3, 0.4) is 0 Å². The fraction of sp³-hybridized carbons (Fsp3) is 0.100. The van der Waals surface area contributed by atoms with Crippen molar-refractivity contribution >= 4 is 17.0 Å². The van der Waals surface area contributed by atoms with E-state index < -0.39 is 6.09 Å². The Morgan fingerprint density at radius 2 is 2.21 bits per heavy atom. The highest BCUT2D eigenvalue weighted by Gasteiger charge is 2.10. The highest BCUT2D eigenvalue weighted by molar-refractivity contribution is 5.92. The number of carboxylic acid groups (broad SMARTS) is 1. The molecule has 0 saturated heterocycles. The number of carbonyl (C=O) groups is 1. The van der Waals surface area contributed by atoms with Gasteiger partial charge in [0.15, 0.2) is 0 Å². The molecule has 4 nitrogen and oxygen atoms in total. The van der Waals surface area contributed by atoms with Gasteiger partial charge in [-0.3, -0.25) is 0 Å². The van der Waals surface area contributed by atoms with Crippen LogP contribution in [0.25, 0.3) is 10.9 Å². The van der Waals surface area contributed by atoms with E-state index in [1.54, 1.807) is 12.1 Å². The molecule has 0 aliphatic heterocycles. The van der Waals surface area contributed by atoms with E-state index in [4.69, 9.17) is 9.84 Å². The second-order valence-electron chi connectivity index (χ2n) is 2.87. The minimum Gasteiger partial charge on any atom is -0.495 e. The third kappa shape index (κ3) is 1.12. The summed E-state index contributed by atoms with van der Waals surface area (Å²) in [6.07, 6.45) is 0.500. The van der Waals surface area contributed by atoms with Gasteiger partial charge in [-0.15, -0.1) is 0 Å². The summed E-state index contributed by atoms with van der Waals surface area (Å²) in [5.74, 6) is 0.565. The van der Waals surface area contributed by atoms with Crippen LogP contribution in [-0.2, 0) is 0 Å². The molecule has 14 heavy (non-hydrogen) atoms. The second kappa shape index (κ2) is 3.06. The van der Waals surface area contributed by atoms with Gasteiger partial charge in [0, 0.05) is 11.6 Å². The second-order valence-corrected chi connectivity index (χ2v) is 2.87. The predicted molar refractivity (Wildman–Crippen MR) is 51.9 cm³/mol. The van der Waals surface area contributed by atoms with Gasteiger partial charge >= 0.3 is 6.09 Å². The summed E-state index contributed by atoms with van der Waals surface area (Å²) in [5, 5.41) is 9.75. The van der Waals surface area contributed by atoms with Crippen molar-refractivity contribution in [3.63, 3.8) is 0 Å². The lowest BCUT2D eigenvalue weighted by Crippen LogP contribution is -2.06. The molecule has 4 heteroatoms. The molecule has 0 saturated carbocycles. The molecule has 1 N–H and O–H groups in total. The lowest BCUT2D eigenvalue weighted by atomic mass is 10.2. The van der Waals surface area contributed by atoms with Crippen LogP contribution >= 0.6 is 0 Å². The van der Waals surface area contributed by atoms with Gasteiger partial charge in [0.25, 0.3) is 0 Å². The van der Waals surface area contributed by atoms with E-state index in [-0.39, 0.29) is 0 Å². The normalized spacial score (nSPS) is 10.4. The summed E-state index contributed by atoms with van der Waals surface area (Å²) in [7, 11) is 1.52. The largest absolute Gasteiger partial charge is 0.495 e. The van der Waals surface area contributed by atoms with E-state index in [2.05, 4.69) is 0 Å². The summed E-state index contributed by atoms with van der Waals surface area (Å²) < 4.78 is 6.24. The van der Waals surface area contributed by atoms with Gasteiger partial charge in [0.05, 0.1) is 7.11 Å². The van der Waals surface area contributed by atoms with E-state index in [9.17, 15) is 4.79 Å². The van der Waals surface area contributed by atoms with Crippen LogP contribution in [0.4, 0.5) is 4.79 Å². The van der Waals surface area contributed by atoms with Crippen molar-refractivity contribution in [3.8, 4) is 5.75 Å². The van der Waals surface area contributed by atoms with Crippen LogP contribution in [0, 0.1) is 0 Å². The molecule has 0 bridgehead atoms. The molecule has 0 aliphatic carbocycles. The highest BCUT2D eigenvalue weighted by atomic mass is 16.5. The van der Waals surface area contributed by atoms with E-state index >= 15 is 0 Å². The number of fused-ring (bicyclic) bond motifs is 1. The van der Waals surface area contributed by atoms with Crippen LogP contribution in [-0.4, -0.2) is 22.9 Å². The number of nitrogens with zero attached hydrogens (tertiary/aromatic N) is 1. The topological polar surface area (TPSA) is 51.5 Å². The predicted octanol–water partition coefficient (Wildman–Crippen LogP) is 2.18. The number of rotatable bonds is 1. The maximum Gasteiger partial charge on any atom is 0.416 e. The Labute approximate surface area is 80.3 Å². The van der Waals surface area contributed by atoms with Crippen molar-refractivity contribution in [3.05, 3.63) is 30.5 Å². The van der Waals surface area contributed by atoms with Crippen LogP contribution in [0.15, 0.2) is 30.5 Å². The monoisotopic (exact) mass is 191 g/mol. The van der Waals surface area contributed by atoms with Crippen LogP contribution in [0.2, 0.25) is 0 Å². The lowest BCUT2D eigenvalue weighted by Gasteiger charge is -2.04. The Hall–Kier alpha value is -1.97. The summed E-state index contributed by atoms with van der Waals surface area (Å²) in [6.45, 7) is 0. The maximum atomic E-state index is 10.9. The number of benzene rings is 1. The molecular weight excluding hydrogens is 182 g/mol. The molecule has 0 unspecified atom stereocenters. The highest BCUT2D eigenvalue weighted by Crippen LogP contribution is 2.25. The molecule has 2 aromatic rings. The minimum atomic E-state index is -1.01. The number of ether oxygens (including phenoxy) is 1. The standard InChI is InChI=1S/C10H9NO3/c1-14-8-4-2-3-7-5-6-11(9(7)8)10(12)13/h2-6H,1H3,(H,12,13). The zero-order valence-electron chi connectivity index (χ0n) is 7.60. The molecule has 72 valence electrons. The van der Waals surface area contributed by atoms with E-state index in [0.717, 1.165) is 9.95 Å². The van der Waals surface area contributed by atoms with E-state index in [0.29, 0.717) is 11.3 Å². The van der Waals surface area contributed by atoms with Gasteiger partial charge in [0.1, 0.15) is 11.3 Å². The zero-order valence-corrected chi connectivity index (χ0v) is 7.60. The Morgan fingerprint density at radius 3 is 2.86 bits per heavy atom. The van der Waals surface area contributed by atoms with Gasteiger partial charge in [-0.05, 0) is 12.1 Å². The Kier molecular flexibility index (Phi) is 1.89. The number of aromatic nitrogens is 1. The van der Waals surface area contributed by atoms with Gasteiger partial charge in [-0.25, -0.2) is 9.36 Å². The van der Waals surface area contributed by atoms with Crippen molar-refractivity contribution in [1.82, 2.24) is 4.57 Å². The van der Waals surface area contributed by atoms with Crippen LogP contribution in [0.5, 0.6) is 5.75 Å². The number of para-hydroxylation sites is 1. The number of hydrogen-bond donors (Lipinski definition) is 1. The van der Waals surface area contributed by atoms with Gasteiger partial charge in [-0.1, -0.05) is 12.1 Å². The fourth-order valence-electron chi connectivity index (χ4n) is 1.49. The molecule has 0 spiro atoms. The van der Waals surface area contributed by atoms with Crippen molar-refractivity contribution in [2.24, 2.45) is 0 Å². The molecule has 0 radical (unpaired) electrons. The molecule has 0 amide bonds. The fourth-order valence-corrected chi connectivity index (χ4v) is 1.49. The Morgan fingerprint density at radius 1 is 1.43 bits per heavy atom. The third-order valence-electron chi connectivity index (χ3n) is 2.10. The average Bonchev–Trinajstić information content (AvgIpc) is 2.60. The summed E-state index contributed by atoms with van der Waals surface area (Å²) in [6, 6.07) is 7.15. The molecular formula is C10H9NO3. The molecule has 0 atom stereocenters. The molecule has 1 aromatic carbocycles. The molecule has 1 heterocycles. The van der Waals surface area contributed by atoms with Crippen molar-refractivity contribution in [1.29, 1.82) is 0 Å². The summed E-state index contributed by atoms with van der Waals surface area (Å²) in [4.78, 5) is 10.9. The first kappa shape index (κ1) is 8.62. The van der Waals surface area contributed by atoms with E-state index in [1.165, 1.54) is 13.3 Å².